The molecule has 3 aromatic heterocycles. The van der Waals surface area contributed by atoms with Crippen molar-refractivity contribution in [2.24, 2.45) is 0 Å². The Morgan fingerprint density at radius 3 is 1.89 bits per heavy atom. The minimum absolute atomic E-state index is 0.675. The Balaban J connectivity index is 1.56. The topological polar surface area (TPSA) is 96.5 Å². The Morgan fingerprint density at radius 1 is 0.679 bits per heavy atom. The molecule has 6 N–H and O–H groups in total. The van der Waals surface area contributed by atoms with Crippen molar-refractivity contribution < 1.29 is 0 Å². The number of aromatic amines is 2. The fourth-order valence-corrected chi connectivity index (χ4v) is 3.97. The first-order valence-corrected chi connectivity index (χ1v) is 9.33. The molecular formula is C23H21N5. The molecule has 0 fully saturated rings. The molecular weight excluding hydrogens is 346 g/mol. The van der Waals surface area contributed by atoms with Crippen molar-refractivity contribution in [2.75, 3.05) is 11.5 Å². The zero-order valence-corrected chi connectivity index (χ0v) is 15.4. The van der Waals surface area contributed by atoms with Gasteiger partial charge in [-0.3, -0.25) is 4.98 Å². The van der Waals surface area contributed by atoms with Gasteiger partial charge in [-0.2, -0.15) is 0 Å². The largest absolute Gasteiger partial charge is 0.385 e. The summed E-state index contributed by atoms with van der Waals surface area (Å²) >= 11 is 0. The minimum Gasteiger partial charge on any atom is -0.385 e. The Kier molecular flexibility index (Phi) is 3.79. The smallest absolute Gasteiger partial charge is 0.105 e. The van der Waals surface area contributed by atoms with E-state index in [1.54, 1.807) is 0 Å². The first kappa shape index (κ1) is 16.4. The van der Waals surface area contributed by atoms with Crippen LogP contribution in [0.5, 0.6) is 0 Å². The van der Waals surface area contributed by atoms with E-state index in [0.717, 1.165) is 50.6 Å². The monoisotopic (exact) mass is 367 g/mol. The molecule has 0 saturated heterocycles. The molecule has 5 aromatic rings. The summed E-state index contributed by atoms with van der Waals surface area (Å²) in [4.78, 5) is 11.2. The zero-order valence-electron chi connectivity index (χ0n) is 15.4. The van der Waals surface area contributed by atoms with Crippen molar-refractivity contribution in [3.63, 3.8) is 0 Å². The van der Waals surface area contributed by atoms with Gasteiger partial charge in [-0.05, 0) is 23.8 Å². The SMILES string of the molecule is Nc1[nH]c2ccccc2c1Cc1cccnc1Cc1c(N)[nH]c2ccccc12. The molecule has 0 radical (unpaired) electrons. The van der Waals surface area contributed by atoms with Gasteiger partial charge in [0.2, 0.25) is 0 Å². The standard InChI is InChI=1S/C23H21N5/c24-22-17(15-7-1-3-9-19(15)27-22)12-14-6-5-11-26-21(14)13-18-16-8-2-4-10-20(16)28-23(18)25/h1-11,27-28H,12-13,24-25H2. The number of nitrogens with zero attached hydrogens (tertiary/aromatic N) is 1. The highest BCUT2D eigenvalue weighted by molar-refractivity contribution is 5.89. The molecule has 0 unspecified atom stereocenters. The number of anilines is 2. The second-order valence-electron chi connectivity index (χ2n) is 7.09. The fraction of sp³-hybridized carbons (Fsp3) is 0.0870. The average molecular weight is 367 g/mol. The van der Waals surface area contributed by atoms with E-state index >= 15 is 0 Å². The van der Waals surface area contributed by atoms with Crippen LogP contribution in [-0.2, 0) is 12.8 Å². The summed E-state index contributed by atoms with van der Waals surface area (Å²) < 4.78 is 0. The fourth-order valence-electron chi connectivity index (χ4n) is 3.97. The molecule has 0 aliphatic rings. The first-order chi connectivity index (χ1) is 13.7. The summed E-state index contributed by atoms with van der Waals surface area (Å²) in [5, 5.41) is 2.30. The second kappa shape index (κ2) is 6.46. The third-order valence-corrected chi connectivity index (χ3v) is 5.39. The highest BCUT2D eigenvalue weighted by Gasteiger charge is 2.15. The predicted octanol–water partition coefficient (Wildman–Crippen LogP) is 4.39. The van der Waals surface area contributed by atoms with Crippen LogP contribution in [0.2, 0.25) is 0 Å². The second-order valence-corrected chi connectivity index (χ2v) is 7.09. The number of H-pyrrole nitrogens is 2. The maximum Gasteiger partial charge on any atom is 0.105 e. The Bertz CT molecular complexity index is 1190. The Hall–Kier alpha value is -3.73. The summed E-state index contributed by atoms with van der Waals surface area (Å²) in [6.45, 7) is 0. The highest BCUT2D eigenvalue weighted by Crippen LogP contribution is 2.30. The van der Waals surface area contributed by atoms with Crippen molar-refractivity contribution in [2.45, 2.75) is 12.8 Å². The van der Waals surface area contributed by atoms with E-state index in [2.05, 4.69) is 33.2 Å². The lowest BCUT2D eigenvalue weighted by Gasteiger charge is -2.09. The van der Waals surface area contributed by atoms with Crippen LogP contribution in [0.3, 0.4) is 0 Å². The first-order valence-electron chi connectivity index (χ1n) is 9.33. The third kappa shape index (κ3) is 2.68. The van der Waals surface area contributed by atoms with Crippen molar-refractivity contribution in [3.05, 3.63) is 89.2 Å². The molecule has 5 heteroatoms. The molecule has 0 spiro atoms. The summed E-state index contributed by atoms with van der Waals surface area (Å²) in [7, 11) is 0. The van der Waals surface area contributed by atoms with Crippen LogP contribution in [0, 0.1) is 0 Å². The van der Waals surface area contributed by atoms with Gasteiger partial charge in [0.1, 0.15) is 11.6 Å². The van der Waals surface area contributed by atoms with Crippen LogP contribution < -0.4 is 11.5 Å². The van der Waals surface area contributed by atoms with Crippen LogP contribution >= 0.6 is 0 Å². The number of rotatable bonds is 4. The number of nitrogen functional groups attached to an aromatic ring is 2. The van der Waals surface area contributed by atoms with E-state index in [-0.39, 0.29) is 0 Å². The van der Waals surface area contributed by atoms with Gasteiger partial charge in [-0.15, -0.1) is 0 Å². The number of benzene rings is 2. The van der Waals surface area contributed by atoms with E-state index in [1.165, 1.54) is 0 Å². The van der Waals surface area contributed by atoms with Crippen molar-refractivity contribution in [1.29, 1.82) is 0 Å². The van der Waals surface area contributed by atoms with Gasteiger partial charge in [0.25, 0.3) is 0 Å². The summed E-state index contributed by atoms with van der Waals surface area (Å²) in [6, 6.07) is 20.5. The van der Waals surface area contributed by atoms with Gasteiger partial charge in [-0.1, -0.05) is 42.5 Å². The number of fused-ring (bicyclic) bond motifs is 2. The lowest BCUT2D eigenvalue weighted by atomic mass is 9.98. The summed E-state index contributed by atoms with van der Waals surface area (Å²) in [6.07, 6.45) is 3.23. The molecule has 0 saturated carbocycles. The van der Waals surface area contributed by atoms with E-state index in [9.17, 15) is 0 Å². The minimum atomic E-state index is 0.675. The molecule has 0 aliphatic carbocycles. The van der Waals surface area contributed by atoms with Crippen molar-refractivity contribution >= 4 is 33.4 Å². The number of nitrogens with two attached hydrogens (primary N) is 2. The van der Waals surface area contributed by atoms with Gasteiger partial charge in [0.15, 0.2) is 0 Å². The molecule has 0 atom stereocenters. The van der Waals surface area contributed by atoms with Crippen LogP contribution in [0.15, 0.2) is 66.9 Å². The molecule has 28 heavy (non-hydrogen) atoms. The van der Waals surface area contributed by atoms with Crippen molar-refractivity contribution in [3.8, 4) is 0 Å². The number of hydrogen-bond donors (Lipinski definition) is 4. The number of pyridine rings is 1. The number of para-hydroxylation sites is 2. The Morgan fingerprint density at radius 2 is 1.25 bits per heavy atom. The molecule has 0 amide bonds. The maximum atomic E-state index is 6.28. The molecule has 2 aromatic carbocycles. The molecule has 3 heterocycles. The van der Waals surface area contributed by atoms with Crippen molar-refractivity contribution in [1.82, 2.24) is 15.0 Å². The van der Waals surface area contributed by atoms with Gasteiger partial charge in [-0.25, -0.2) is 0 Å². The number of hydrogen-bond acceptors (Lipinski definition) is 3. The van der Waals surface area contributed by atoms with Crippen LogP contribution in [0.4, 0.5) is 11.6 Å². The number of aromatic nitrogens is 3. The molecule has 5 nitrogen and oxygen atoms in total. The quantitative estimate of drug-likeness (QED) is 0.379. The third-order valence-electron chi connectivity index (χ3n) is 5.39. The van der Waals surface area contributed by atoms with Gasteiger partial charge in [0.05, 0.1) is 0 Å². The lowest BCUT2D eigenvalue weighted by molar-refractivity contribution is 1.02. The molecule has 138 valence electrons. The van der Waals surface area contributed by atoms with E-state index in [0.29, 0.717) is 18.1 Å². The number of nitrogens with one attached hydrogen (secondary N) is 2. The normalized spacial score (nSPS) is 11.4. The van der Waals surface area contributed by atoms with Gasteiger partial charge in [0, 0.05) is 57.7 Å². The average Bonchev–Trinajstić information content (AvgIpc) is 3.20. The molecule has 5 rings (SSSR count). The van der Waals surface area contributed by atoms with E-state index in [1.807, 2.05) is 48.7 Å². The lowest BCUT2D eigenvalue weighted by Crippen LogP contribution is -2.02. The Labute approximate surface area is 162 Å². The van der Waals surface area contributed by atoms with Gasteiger partial charge >= 0.3 is 0 Å². The van der Waals surface area contributed by atoms with E-state index < -0.39 is 0 Å². The maximum absolute atomic E-state index is 6.28. The van der Waals surface area contributed by atoms with E-state index in [4.69, 9.17) is 11.5 Å². The predicted molar refractivity (Wildman–Crippen MR) is 115 cm³/mol. The van der Waals surface area contributed by atoms with Crippen LogP contribution in [-0.4, -0.2) is 15.0 Å². The summed E-state index contributed by atoms with van der Waals surface area (Å²) in [5.41, 5.74) is 19.0. The molecule has 0 bridgehead atoms. The summed E-state index contributed by atoms with van der Waals surface area (Å²) in [5.74, 6) is 1.41. The zero-order chi connectivity index (χ0) is 19.1. The van der Waals surface area contributed by atoms with Crippen LogP contribution in [0.1, 0.15) is 22.4 Å². The molecule has 0 aliphatic heterocycles. The highest BCUT2D eigenvalue weighted by atomic mass is 14.9. The van der Waals surface area contributed by atoms with Gasteiger partial charge < -0.3 is 21.4 Å². The van der Waals surface area contributed by atoms with Crippen LogP contribution in [0.25, 0.3) is 21.8 Å².